The molecular weight excluding hydrogens is 280 g/mol. The Labute approximate surface area is 117 Å². The first-order valence-corrected chi connectivity index (χ1v) is 6.54. The first kappa shape index (κ1) is 13.9. The Balaban J connectivity index is 2.89. The van der Waals surface area contributed by atoms with Crippen LogP contribution in [0.25, 0.3) is 11.2 Å². The van der Waals surface area contributed by atoms with Crippen LogP contribution in [-0.4, -0.2) is 24.4 Å². The molecule has 0 N–H and O–H groups in total. The molecule has 0 aliphatic heterocycles. The van der Waals surface area contributed by atoms with Crippen LogP contribution >= 0.6 is 11.8 Å². The van der Waals surface area contributed by atoms with Crippen LogP contribution in [0.2, 0.25) is 0 Å². The minimum absolute atomic E-state index is 0.0717. The van der Waals surface area contributed by atoms with Crippen LogP contribution in [0.5, 0.6) is 0 Å². The van der Waals surface area contributed by atoms with Crippen molar-refractivity contribution in [2.24, 2.45) is 14.1 Å². The number of hydrogen-bond acceptors (Lipinski definition) is 6. The van der Waals surface area contributed by atoms with E-state index >= 15 is 0 Å². The third-order valence-corrected chi connectivity index (χ3v) is 3.65. The molecule has 0 spiro atoms. The van der Waals surface area contributed by atoms with Crippen molar-refractivity contribution in [1.29, 1.82) is 10.5 Å². The Morgan fingerprint density at radius 1 is 1.20 bits per heavy atom. The van der Waals surface area contributed by atoms with Crippen molar-refractivity contribution in [2.45, 2.75) is 11.7 Å². The van der Waals surface area contributed by atoms with Crippen molar-refractivity contribution in [3.05, 3.63) is 20.8 Å². The second kappa shape index (κ2) is 5.23. The summed E-state index contributed by atoms with van der Waals surface area (Å²) in [5, 5.41) is 17.9. The molecule has 0 aliphatic carbocycles. The highest BCUT2D eigenvalue weighted by Crippen LogP contribution is 2.20. The molecule has 0 fully saturated rings. The molecule has 9 heteroatoms. The summed E-state index contributed by atoms with van der Waals surface area (Å²) in [7, 11) is 2.88. The molecule has 0 bridgehead atoms. The number of fused-ring (bicyclic) bond motifs is 1. The predicted octanol–water partition coefficient (Wildman–Crippen LogP) is -0.427. The summed E-state index contributed by atoms with van der Waals surface area (Å²) < 4.78 is 3.65. The molecule has 0 amide bonds. The van der Waals surface area contributed by atoms with Crippen molar-refractivity contribution in [1.82, 2.24) is 18.7 Å². The Morgan fingerprint density at radius 2 is 1.90 bits per heavy atom. The Kier molecular flexibility index (Phi) is 3.63. The van der Waals surface area contributed by atoms with Crippen LogP contribution in [-0.2, 0) is 20.6 Å². The number of rotatable bonds is 3. The molecule has 2 aromatic heterocycles. The van der Waals surface area contributed by atoms with E-state index in [-0.39, 0.29) is 23.5 Å². The molecule has 0 atom stereocenters. The molecule has 0 unspecified atom stereocenters. The molecule has 2 rings (SSSR count). The van der Waals surface area contributed by atoms with E-state index in [0.717, 1.165) is 16.3 Å². The molecule has 0 aliphatic rings. The lowest BCUT2D eigenvalue weighted by Crippen LogP contribution is -2.37. The minimum atomic E-state index is -0.505. The van der Waals surface area contributed by atoms with E-state index in [1.807, 2.05) is 12.1 Å². The Bertz CT molecular complexity index is 876. The van der Waals surface area contributed by atoms with Crippen LogP contribution in [0.1, 0.15) is 0 Å². The first-order valence-electron chi connectivity index (χ1n) is 5.55. The molecule has 2 aromatic rings. The van der Waals surface area contributed by atoms with E-state index in [1.165, 1.54) is 23.2 Å². The van der Waals surface area contributed by atoms with Gasteiger partial charge in [-0.2, -0.15) is 10.5 Å². The highest BCUT2D eigenvalue weighted by molar-refractivity contribution is 7.99. The highest BCUT2D eigenvalue weighted by atomic mass is 32.2. The van der Waals surface area contributed by atoms with Crippen LogP contribution < -0.4 is 11.2 Å². The second-order valence-electron chi connectivity index (χ2n) is 3.96. The van der Waals surface area contributed by atoms with E-state index < -0.39 is 11.2 Å². The van der Waals surface area contributed by atoms with E-state index in [1.54, 1.807) is 0 Å². The second-order valence-corrected chi connectivity index (χ2v) is 4.91. The maximum absolute atomic E-state index is 12.2. The highest BCUT2D eigenvalue weighted by Gasteiger charge is 2.18. The summed E-state index contributed by atoms with van der Waals surface area (Å²) in [6.07, 6.45) is 0. The van der Waals surface area contributed by atoms with Crippen LogP contribution in [0.3, 0.4) is 0 Å². The lowest BCUT2D eigenvalue weighted by atomic mass is 10.5. The van der Waals surface area contributed by atoms with Crippen LogP contribution in [0.15, 0.2) is 14.7 Å². The maximum atomic E-state index is 12.2. The van der Waals surface area contributed by atoms with Crippen molar-refractivity contribution >= 4 is 22.9 Å². The maximum Gasteiger partial charge on any atom is 0.332 e. The van der Waals surface area contributed by atoms with Gasteiger partial charge in [0.15, 0.2) is 16.3 Å². The number of imidazole rings is 1. The third-order valence-electron chi connectivity index (χ3n) is 2.81. The van der Waals surface area contributed by atoms with Gasteiger partial charge in [-0.25, -0.2) is 9.78 Å². The third kappa shape index (κ3) is 1.98. The van der Waals surface area contributed by atoms with E-state index in [4.69, 9.17) is 10.5 Å². The van der Waals surface area contributed by atoms with Gasteiger partial charge >= 0.3 is 5.69 Å². The van der Waals surface area contributed by atoms with Gasteiger partial charge in [0.05, 0.1) is 17.9 Å². The normalized spacial score (nSPS) is 10.4. The fourth-order valence-electron chi connectivity index (χ4n) is 1.85. The van der Waals surface area contributed by atoms with Crippen molar-refractivity contribution < 1.29 is 0 Å². The van der Waals surface area contributed by atoms with Crippen molar-refractivity contribution in [2.75, 3.05) is 5.75 Å². The molecule has 102 valence electrons. The fraction of sp³-hybridized carbons (Fsp3) is 0.364. The zero-order valence-corrected chi connectivity index (χ0v) is 11.6. The number of aryl methyl sites for hydroxylation is 1. The minimum Gasteiger partial charge on any atom is -0.299 e. The number of aromatic nitrogens is 4. The summed E-state index contributed by atoms with van der Waals surface area (Å²) in [5.74, 6) is 0.142. The summed E-state index contributed by atoms with van der Waals surface area (Å²) in [5.41, 5.74) is -0.582. The van der Waals surface area contributed by atoms with Gasteiger partial charge in [0.25, 0.3) is 5.56 Å². The lowest BCUT2D eigenvalue weighted by Gasteiger charge is -2.04. The SMILES string of the molecule is Cn1c(=O)c2c(nc(SCC#N)n2CC#N)n(C)c1=O. The number of nitriles is 2. The Morgan fingerprint density at radius 3 is 2.50 bits per heavy atom. The van der Waals surface area contributed by atoms with Crippen LogP contribution in [0.4, 0.5) is 0 Å². The largest absolute Gasteiger partial charge is 0.332 e. The summed E-state index contributed by atoms with van der Waals surface area (Å²) in [6, 6.07) is 3.91. The van der Waals surface area contributed by atoms with E-state index in [0.29, 0.717) is 5.16 Å². The number of nitrogens with zero attached hydrogens (tertiary/aromatic N) is 6. The van der Waals surface area contributed by atoms with Crippen molar-refractivity contribution in [3.63, 3.8) is 0 Å². The van der Waals surface area contributed by atoms with Gasteiger partial charge in [0.1, 0.15) is 6.54 Å². The molecule has 8 nitrogen and oxygen atoms in total. The monoisotopic (exact) mass is 290 g/mol. The van der Waals surface area contributed by atoms with E-state index in [9.17, 15) is 9.59 Å². The fourth-order valence-corrected chi connectivity index (χ4v) is 2.51. The Hall–Kier alpha value is -2.52. The number of hydrogen-bond donors (Lipinski definition) is 0. The lowest BCUT2D eigenvalue weighted by molar-refractivity contribution is 0.701. The summed E-state index contributed by atoms with van der Waals surface area (Å²) in [6.45, 7) is -0.0717. The first-order chi connectivity index (χ1) is 9.52. The summed E-state index contributed by atoms with van der Waals surface area (Å²) >= 11 is 1.12. The molecular formula is C11H10N6O2S. The van der Waals surface area contributed by atoms with Gasteiger partial charge in [-0.05, 0) is 0 Å². The zero-order chi connectivity index (χ0) is 14.9. The van der Waals surface area contributed by atoms with E-state index in [2.05, 4.69) is 4.98 Å². The molecule has 0 radical (unpaired) electrons. The van der Waals surface area contributed by atoms with Gasteiger partial charge in [0, 0.05) is 14.1 Å². The molecule has 20 heavy (non-hydrogen) atoms. The molecule has 0 aromatic carbocycles. The predicted molar refractivity (Wildman–Crippen MR) is 72.2 cm³/mol. The average molecular weight is 290 g/mol. The molecule has 0 saturated heterocycles. The van der Waals surface area contributed by atoms with Crippen LogP contribution in [0, 0.1) is 22.7 Å². The average Bonchev–Trinajstić information content (AvgIpc) is 2.80. The van der Waals surface area contributed by atoms with Gasteiger partial charge in [-0.1, -0.05) is 11.8 Å². The smallest absolute Gasteiger partial charge is 0.299 e. The zero-order valence-electron chi connectivity index (χ0n) is 10.8. The van der Waals surface area contributed by atoms with Gasteiger partial charge in [-0.15, -0.1) is 0 Å². The summed E-state index contributed by atoms with van der Waals surface area (Å²) in [4.78, 5) is 28.2. The molecule has 0 saturated carbocycles. The topological polar surface area (TPSA) is 109 Å². The van der Waals surface area contributed by atoms with Crippen molar-refractivity contribution in [3.8, 4) is 12.1 Å². The standard InChI is InChI=1S/C11H10N6O2S/c1-15-8-7(9(18)16(2)11(15)19)17(5-3-12)10(14-8)20-6-4-13/h5-6H2,1-2H3. The number of thioether (sulfide) groups is 1. The van der Waals surface area contributed by atoms with Gasteiger partial charge < -0.3 is 0 Å². The van der Waals surface area contributed by atoms with Gasteiger partial charge in [-0.3, -0.25) is 18.5 Å². The molecule has 2 heterocycles. The quantitative estimate of drug-likeness (QED) is 0.710. The van der Waals surface area contributed by atoms with Gasteiger partial charge in [0.2, 0.25) is 0 Å².